The van der Waals surface area contributed by atoms with Crippen LogP contribution >= 0.6 is 0 Å². The fourth-order valence-electron chi connectivity index (χ4n) is 1.82. The van der Waals surface area contributed by atoms with Crippen molar-refractivity contribution in [3.63, 3.8) is 0 Å². The Labute approximate surface area is 94.5 Å². The molecule has 0 bridgehead atoms. The summed E-state index contributed by atoms with van der Waals surface area (Å²) in [5, 5.41) is 11.9. The number of aryl methyl sites for hydroxylation is 2. The molecule has 1 aromatic carbocycles. The van der Waals surface area contributed by atoms with E-state index in [0.29, 0.717) is 0 Å². The summed E-state index contributed by atoms with van der Waals surface area (Å²) in [7, 11) is 3.77. The van der Waals surface area contributed by atoms with Gasteiger partial charge in [0.2, 0.25) is 0 Å². The summed E-state index contributed by atoms with van der Waals surface area (Å²) in [6.07, 6.45) is 0. The van der Waals surface area contributed by atoms with Gasteiger partial charge in [0.15, 0.2) is 0 Å². The molecule has 16 heavy (non-hydrogen) atoms. The Balaban J connectivity index is 2.57. The van der Waals surface area contributed by atoms with E-state index in [4.69, 9.17) is 5.26 Å². The number of rotatable bonds is 2. The summed E-state index contributed by atoms with van der Waals surface area (Å²) in [5.74, 6) is 0.977. The lowest BCUT2D eigenvalue weighted by Crippen LogP contribution is -2.13. The van der Waals surface area contributed by atoms with Crippen molar-refractivity contribution in [3.05, 3.63) is 29.6 Å². The number of benzene rings is 1. The summed E-state index contributed by atoms with van der Waals surface area (Å²) in [6.45, 7) is 1.97. The molecular weight excluding hydrogens is 200 g/mol. The number of hydrogen-bond acceptors (Lipinski definition) is 3. The van der Waals surface area contributed by atoms with Crippen LogP contribution in [0.4, 0.5) is 0 Å². The predicted molar refractivity (Wildman–Crippen MR) is 62.9 cm³/mol. The molecular formula is C12H14N4. The smallest absolute Gasteiger partial charge is 0.121 e. The zero-order chi connectivity index (χ0) is 11.7. The van der Waals surface area contributed by atoms with E-state index < -0.39 is 0 Å². The summed E-state index contributed by atoms with van der Waals surface area (Å²) in [4.78, 5) is 4.45. The first-order valence-corrected chi connectivity index (χ1v) is 5.17. The van der Waals surface area contributed by atoms with E-state index in [1.807, 2.05) is 36.7 Å². The van der Waals surface area contributed by atoms with Crippen LogP contribution in [0.5, 0.6) is 0 Å². The minimum atomic E-state index is -0.272. The standard InChI is InChI=1S/C12H14N4/c1-8-15-10-6-9(11(7-13)14-2)4-5-12(10)16(8)3/h4-6,11,14H,1-3H3. The Bertz CT molecular complexity index is 562. The number of nitrogens with zero attached hydrogens (tertiary/aromatic N) is 3. The van der Waals surface area contributed by atoms with Crippen molar-refractivity contribution in [1.29, 1.82) is 5.26 Å². The maximum Gasteiger partial charge on any atom is 0.121 e. The molecule has 1 N–H and O–H groups in total. The van der Waals surface area contributed by atoms with Crippen LogP contribution in [0.2, 0.25) is 0 Å². The molecule has 1 aromatic heterocycles. The van der Waals surface area contributed by atoms with E-state index in [1.165, 1.54) is 0 Å². The molecule has 0 fully saturated rings. The molecule has 0 aliphatic carbocycles. The average Bonchev–Trinajstić information content (AvgIpc) is 2.56. The fraction of sp³-hybridized carbons (Fsp3) is 0.333. The van der Waals surface area contributed by atoms with Crippen LogP contribution in [-0.4, -0.2) is 16.6 Å². The van der Waals surface area contributed by atoms with Crippen molar-refractivity contribution < 1.29 is 0 Å². The summed E-state index contributed by atoms with van der Waals surface area (Å²) >= 11 is 0. The molecule has 1 atom stereocenters. The molecule has 0 saturated carbocycles. The lowest BCUT2D eigenvalue weighted by molar-refractivity contribution is 0.728. The number of nitrogens with one attached hydrogen (secondary N) is 1. The van der Waals surface area contributed by atoms with E-state index >= 15 is 0 Å². The molecule has 0 amide bonds. The van der Waals surface area contributed by atoms with Crippen LogP contribution < -0.4 is 5.32 Å². The third-order valence-corrected chi connectivity index (χ3v) is 2.88. The molecule has 0 spiro atoms. The van der Waals surface area contributed by atoms with Crippen LogP contribution in [0.15, 0.2) is 18.2 Å². The van der Waals surface area contributed by atoms with Gasteiger partial charge in [0.25, 0.3) is 0 Å². The predicted octanol–water partition coefficient (Wildman–Crippen LogP) is 1.67. The second-order valence-electron chi connectivity index (χ2n) is 3.82. The normalized spacial score (nSPS) is 12.6. The molecule has 4 heteroatoms. The van der Waals surface area contributed by atoms with Gasteiger partial charge in [0.05, 0.1) is 17.1 Å². The van der Waals surface area contributed by atoms with Crippen LogP contribution in [0.3, 0.4) is 0 Å². The first-order chi connectivity index (χ1) is 7.67. The molecule has 0 radical (unpaired) electrons. The number of aromatic nitrogens is 2. The molecule has 4 nitrogen and oxygen atoms in total. The van der Waals surface area contributed by atoms with E-state index in [2.05, 4.69) is 16.4 Å². The first kappa shape index (κ1) is 10.7. The van der Waals surface area contributed by atoms with E-state index in [0.717, 1.165) is 22.4 Å². The SMILES string of the molecule is CNC(C#N)c1ccc2c(c1)nc(C)n2C. The van der Waals surface area contributed by atoms with Gasteiger partial charge >= 0.3 is 0 Å². The second-order valence-corrected chi connectivity index (χ2v) is 3.82. The zero-order valence-corrected chi connectivity index (χ0v) is 9.65. The Morgan fingerprint density at radius 2 is 2.25 bits per heavy atom. The van der Waals surface area contributed by atoms with Crippen molar-refractivity contribution in [3.8, 4) is 6.07 Å². The van der Waals surface area contributed by atoms with Gasteiger partial charge in [-0.1, -0.05) is 6.07 Å². The van der Waals surface area contributed by atoms with Gasteiger partial charge < -0.3 is 9.88 Å². The van der Waals surface area contributed by atoms with Crippen molar-refractivity contribution in [2.45, 2.75) is 13.0 Å². The first-order valence-electron chi connectivity index (χ1n) is 5.17. The lowest BCUT2D eigenvalue weighted by Gasteiger charge is -2.07. The Hall–Kier alpha value is -1.86. The highest BCUT2D eigenvalue weighted by atomic mass is 15.0. The molecule has 0 aliphatic rings. The van der Waals surface area contributed by atoms with E-state index in [-0.39, 0.29) is 6.04 Å². The number of hydrogen-bond donors (Lipinski definition) is 1. The van der Waals surface area contributed by atoms with Crippen LogP contribution in [0.25, 0.3) is 11.0 Å². The van der Waals surface area contributed by atoms with Gasteiger partial charge in [-0.25, -0.2) is 4.98 Å². The summed E-state index contributed by atoms with van der Waals surface area (Å²) < 4.78 is 2.04. The Morgan fingerprint density at radius 3 is 2.88 bits per heavy atom. The fourth-order valence-corrected chi connectivity index (χ4v) is 1.82. The average molecular weight is 214 g/mol. The molecule has 2 aromatic rings. The molecule has 1 unspecified atom stereocenters. The minimum Gasteiger partial charge on any atom is -0.331 e. The third kappa shape index (κ3) is 1.55. The monoisotopic (exact) mass is 214 g/mol. The second kappa shape index (κ2) is 3.95. The van der Waals surface area contributed by atoms with Gasteiger partial charge in [-0.05, 0) is 31.7 Å². The van der Waals surface area contributed by atoms with Crippen LogP contribution in [-0.2, 0) is 7.05 Å². The van der Waals surface area contributed by atoms with Crippen molar-refractivity contribution >= 4 is 11.0 Å². The minimum absolute atomic E-state index is 0.272. The summed E-state index contributed by atoms with van der Waals surface area (Å²) in [5.41, 5.74) is 2.98. The van der Waals surface area contributed by atoms with Crippen molar-refractivity contribution in [2.24, 2.45) is 7.05 Å². The molecule has 0 saturated heterocycles. The summed E-state index contributed by atoms with van der Waals surface area (Å²) in [6, 6.07) is 7.87. The maximum absolute atomic E-state index is 8.97. The quantitative estimate of drug-likeness (QED) is 0.827. The largest absolute Gasteiger partial charge is 0.331 e. The third-order valence-electron chi connectivity index (χ3n) is 2.88. The van der Waals surface area contributed by atoms with Crippen molar-refractivity contribution in [1.82, 2.24) is 14.9 Å². The number of nitriles is 1. The van der Waals surface area contributed by atoms with Gasteiger partial charge in [-0.15, -0.1) is 0 Å². The Kier molecular flexibility index (Phi) is 2.63. The van der Waals surface area contributed by atoms with Crippen molar-refractivity contribution in [2.75, 3.05) is 7.05 Å². The van der Waals surface area contributed by atoms with E-state index in [1.54, 1.807) is 7.05 Å². The van der Waals surface area contributed by atoms with Crippen LogP contribution in [0.1, 0.15) is 17.4 Å². The van der Waals surface area contributed by atoms with Gasteiger partial charge in [0.1, 0.15) is 11.9 Å². The molecule has 0 aliphatic heterocycles. The molecule has 2 rings (SSSR count). The van der Waals surface area contributed by atoms with Crippen LogP contribution in [0, 0.1) is 18.3 Å². The number of fused-ring (bicyclic) bond motifs is 1. The maximum atomic E-state index is 8.97. The highest BCUT2D eigenvalue weighted by molar-refractivity contribution is 5.77. The highest BCUT2D eigenvalue weighted by Gasteiger charge is 2.10. The van der Waals surface area contributed by atoms with Gasteiger partial charge in [0, 0.05) is 7.05 Å². The molecule has 1 heterocycles. The topological polar surface area (TPSA) is 53.6 Å². The lowest BCUT2D eigenvalue weighted by atomic mass is 10.1. The van der Waals surface area contributed by atoms with Gasteiger partial charge in [-0.2, -0.15) is 5.26 Å². The Morgan fingerprint density at radius 1 is 1.50 bits per heavy atom. The highest BCUT2D eigenvalue weighted by Crippen LogP contribution is 2.20. The molecule has 82 valence electrons. The van der Waals surface area contributed by atoms with Gasteiger partial charge in [-0.3, -0.25) is 0 Å². The zero-order valence-electron chi connectivity index (χ0n) is 9.65. The van der Waals surface area contributed by atoms with E-state index in [9.17, 15) is 0 Å². The number of imidazole rings is 1.